The van der Waals surface area contributed by atoms with Crippen molar-refractivity contribution in [3.63, 3.8) is 0 Å². The molecule has 4 rings (SSSR count). The number of carbonyl (C=O) groups is 3. The molecule has 2 aromatic carbocycles. The van der Waals surface area contributed by atoms with E-state index in [4.69, 9.17) is 4.74 Å². The summed E-state index contributed by atoms with van der Waals surface area (Å²) in [5, 5.41) is 6.05. The molecule has 1 aromatic heterocycles. The number of amides is 2. The molecule has 0 radical (unpaired) electrons. The number of fused-ring (bicyclic) bond motifs is 1. The van der Waals surface area contributed by atoms with Crippen LogP contribution in [0.2, 0.25) is 0 Å². The largest absolute Gasteiger partial charge is 0.465 e. The summed E-state index contributed by atoms with van der Waals surface area (Å²) in [6.45, 7) is 1.83. The molecule has 0 spiro atoms. The summed E-state index contributed by atoms with van der Waals surface area (Å²) in [4.78, 5) is 39.9. The van der Waals surface area contributed by atoms with Crippen LogP contribution < -0.4 is 10.6 Å². The lowest BCUT2D eigenvalue weighted by Crippen LogP contribution is -2.23. The molecular formula is C27H28N2O4S2. The number of aryl methyl sites for hydroxylation is 1. The molecule has 0 saturated heterocycles. The monoisotopic (exact) mass is 508 g/mol. The predicted octanol–water partition coefficient (Wildman–Crippen LogP) is 5.71. The van der Waals surface area contributed by atoms with Gasteiger partial charge in [-0.3, -0.25) is 9.59 Å². The average molecular weight is 509 g/mol. The van der Waals surface area contributed by atoms with Crippen LogP contribution >= 0.6 is 23.1 Å². The van der Waals surface area contributed by atoms with Gasteiger partial charge in [-0.25, -0.2) is 4.79 Å². The summed E-state index contributed by atoms with van der Waals surface area (Å²) in [7, 11) is 1.37. The number of carbonyl (C=O) groups excluding carboxylic acids is 3. The standard InChI is InChI=1S/C27H28N2O4S2/c1-17(25(31)29-26-24(27(32)33-2)21-13-6-7-14-22(21)35-26)34-20-12-8-11-19(16-20)28-23(30)15-18-9-4-3-5-10-18/h3-5,8-12,16-17H,6-7,13-15H2,1-2H3,(H,28,30)(H,29,31). The minimum atomic E-state index is -0.408. The molecule has 1 unspecified atom stereocenters. The van der Waals surface area contributed by atoms with Crippen LogP contribution in [-0.4, -0.2) is 30.1 Å². The summed E-state index contributed by atoms with van der Waals surface area (Å²) >= 11 is 2.87. The smallest absolute Gasteiger partial charge is 0.341 e. The van der Waals surface area contributed by atoms with E-state index in [0.29, 0.717) is 22.7 Å². The number of esters is 1. The second kappa shape index (κ2) is 11.6. The molecule has 35 heavy (non-hydrogen) atoms. The van der Waals surface area contributed by atoms with Gasteiger partial charge < -0.3 is 15.4 Å². The molecule has 2 amide bonds. The first-order chi connectivity index (χ1) is 16.9. The number of ether oxygens (including phenoxy) is 1. The normalized spacial score (nSPS) is 13.4. The average Bonchev–Trinajstić information content (AvgIpc) is 3.22. The molecule has 0 bridgehead atoms. The minimum Gasteiger partial charge on any atom is -0.465 e. The van der Waals surface area contributed by atoms with Crippen LogP contribution in [0.4, 0.5) is 10.7 Å². The third-order valence-corrected chi connectivity index (χ3v) is 8.11. The van der Waals surface area contributed by atoms with Gasteiger partial charge in [0, 0.05) is 15.5 Å². The number of nitrogens with one attached hydrogen (secondary N) is 2. The Morgan fingerprint density at radius 1 is 1.03 bits per heavy atom. The van der Waals surface area contributed by atoms with Crippen molar-refractivity contribution in [1.82, 2.24) is 0 Å². The van der Waals surface area contributed by atoms with Gasteiger partial charge in [-0.2, -0.15) is 0 Å². The van der Waals surface area contributed by atoms with Crippen molar-refractivity contribution in [3.05, 3.63) is 76.2 Å². The number of anilines is 2. The quantitative estimate of drug-likeness (QED) is 0.301. The van der Waals surface area contributed by atoms with Gasteiger partial charge >= 0.3 is 5.97 Å². The number of hydrogen-bond donors (Lipinski definition) is 2. The van der Waals surface area contributed by atoms with E-state index in [9.17, 15) is 14.4 Å². The zero-order valence-electron chi connectivity index (χ0n) is 19.8. The molecule has 2 N–H and O–H groups in total. The van der Waals surface area contributed by atoms with E-state index in [2.05, 4.69) is 10.6 Å². The van der Waals surface area contributed by atoms with E-state index >= 15 is 0 Å². The van der Waals surface area contributed by atoms with Gasteiger partial charge in [0.1, 0.15) is 5.00 Å². The third-order valence-electron chi connectivity index (χ3n) is 5.80. The summed E-state index contributed by atoms with van der Waals surface area (Å²) in [5.41, 5.74) is 3.15. The fourth-order valence-electron chi connectivity index (χ4n) is 4.08. The fourth-order valence-corrected chi connectivity index (χ4v) is 6.28. The van der Waals surface area contributed by atoms with Gasteiger partial charge in [0.25, 0.3) is 0 Å². The molecule has 1 aliphatic carbocycles. The lowest BCUT2D eigenvalue weighted by Gasteiger charge is -2.14. The first kappa shape index (κ1) is 25.0. The molecule has 1 heterocycles. The van der Waals surface area contributed by atoms with Crippen LogP contribution in [0.25, 0.3) is 0 Å². The van der Waals surface area contributed by atoms with E-state index in [-0.39, 0.29) is 11.8 Å². The molecule has 0 aliphatic heterocycles. The van der Waals surface area contributed by atoms with Gasteiger partial charge in [0.05, 0.1) is 24.3 Å². The number of benzene rings is 2. The van der Waals surface area contributed by atoms with Crippen molar-refractivity contribution in [2.75, 3.05) is 17.7 Å². The highest BCUT2D eigenvalue weighted by atomic mass is 32.2. The lowest BCUT2D eigenvalue weighted by atomic mass is 9.95. The molecule has 8 heteroatoms. The number of rotatable bonds is 8. The highest BCUT2D eigenvalue weighted by Gasteiger charge is 2.28. The van der Waals surface area contributed by atoms with Crippen LogP contribution in [0.15, 0.2) is 59.5 Å². The predicted molar refractivity (Wildman–Crippen MR) is 141 cm³/mol. The number of thioether (sulfide) groups is 1. The van der Waals surface area contributed by atoms with Crippen molar-refractivity contribution in [1.29, 1.82) is 0 Å². The van der Waals surface area contributed by atoms with E-state index < -0.39 is 11.2 Å². The van der Waals surface area contributed by atoms with Gasteiger partial charge in [-0.15, -0.1) is 23.1 Å². The Kier molecular flexibility index (Phi) is 8.25. The molecule has 6 nitrogen and oxygen atoms in total. The minimum absolute atomic E-state index is 0.0962. The Bertz CT molecular complexity index is 1220. The topological polar surface area (TPSA) is 84.5 Å². The molecule has 1 atom stereocenters. The highest BCUT2D eigenvalue weighted by Crippen LogP contribution is 2.39. The van der Waals surface area contributed by atoms with Crippen molar-refractivity contribution in [3.8, 4) is 0 Å². The Morgan fingerprint density at radius 3 is 2.57 bits per heavy atom. The lowest BCUT2D eigenvalue weighted by molar-refractivity contribution is -0.116. The van der Waals surface area contributed by atoms with Crippen LogP contribution in [0.1, 0.15) is 46.1 Å². The Balaban J connectivity index is 1.40. The van der Waals surface area contributed by atoms with E-state index in [1.807, 2.05) is 61.5 Å². The zero-order valence-corrected chi connectivity index (χ0v) is 21.4. The van der Waals surface area contributed by atoms with Gasteiger partial charge in [0.15, 0.2) is 0 Å². The van der Waals surface area contributed by atoms with Crippen LogP contribution in [0.5, 0.6) is 0 Å². The second-order valence-corrected chi connectivity index (χ2v) is 10.9. The molecule has 0 saturated carbocycles. The van der Waals surface area contributed by atoms with Gasteiger partial charge in [-0.1, -0.05) is 36.4 Å². The third kappa shape index (κ3) is 6.32. The van der Waals surface area contributed by atoms with E-state index in [1.165, 1.54) is 30.2 Å². The Morgan fingerprint density at radius 2 is 1.80 bits per heavy atom. The Labute approximate surface area is 213 Å². The molecule has 0 fully saturated rings. The van der Waals surface area contributed by atoms with Crippen molar-refractivity contribution in [2.24, 2.45) is 0 Å². The first-order valence-electron chi connectivity index (χ1n) is 11.6. The maximum Gasteiger partial charge on any atom is 0.341 e. The van der Waals surface area contributed by atoms with Crippen LogP contribution in [-0.2, 0) is 33.6 Å². The van der Waals surface area contributed by atoms with E-state index in [0.717, 1.165) is 46.6 Å². The van der Waals surface area contributed by atoms with Crippen molar-refractivity contribution < 1.29 is 19.1 Å². The molecule has 3 aromatic rings. The summed E-state index contributed by atoms with van der Waals surface area (Å²) in [6, 6.07) is 17.0. The van der Waals surface area contributed by atoms with Crippen LogP contribution in [0, 0.1) is 0 Å². The Hall–Kier alpha value is -3.10. The maximum atomic E-state index is 13.0. The number of methoxy groups -OCH3 is 1. The number of hydrogen-bond acceptors (Lipinski definition) is 6. The maximum absolute atomic E-state index is 13.0. The van der Waals surface area contributed by atoms with E-state index in [1.54, 1.807) is 0 Å². The second-order valence-electron chi connectivity index (χ2n) is 8.39. The molecule has 1 aliphatic rings. The van der Waals surface area contributed by atoms with Crippen LogP contribution in [0.3, 0.4) is 0 Å². The number of thiophene rings is 1. The molecule has 182 valence electrons. The SMILES string of the molecule is COC(=O)c1c(NC(=O)C(C)Sc2cccc(NC(=O)Cc3ccccc3)c2)sc2c1CCCC2. The van der Waals surface area contributed by atoms with Gasteiger partial charge in [-0.05, 0) is 61.9 Å². The van der Waals surface area contributed by atoms with Crippen molar-refractivity contribution in [2.45, 2.75) is 49.2 Å². The molecular weight excluding hydrogens is 480 g/mol. The highest BCUT2D eigenvalue weighted by molar-refractivity contribution is 8.00. The first-order valence-corrected chi connectivity index (χ1v) is 13.3. The fraction of sp³-hybridized carbons (Fsp3) is 0.296. The zero-order chi connectivity index (χ0) is 24.8. The summed E-state index contributed by atoms with van der Waals surface area (Å²) < 4.78 is 5.00. The summed E-state index contributed by atoms with van der Waals surface area (Å²) in [6.07, 6.45) is 4.17. The van der Waals surface area contributed by atoms with Gasteiger partial charge in [0.2, 0.25) is 11.8 Å². The summed E-state index contributed by atoms with van der Waals surface area (Å²) in [5.74, 6) is -0.683. The van der Waals surface area contributed by atoms with Crippen molar-refractivity contribution >= 4 is 51.6 Å².